The topological polar surface area (TPSA) is 58.1 Å². The Morgan fingerprint density at radius 2 is 1.91 bits per heavy atom. The Morgan fingerprint density at radius 1 is 1.22 bits per heavy atom. The van der Waals surface area contributed by atoms with Crippen molar-refractivity contribution in [1.29, 1.82) is 0 Å². The molecule has 23 heavy (non-hydrogen) atoms. The molecule has 0 aliphatic heterocycles. The Kier molecular flexibility index (Phi) is 6.19. The third kappa shape index (κ3) is 4.81. The fourth-order valence-corrected chi connectivity index (χ4v) is 2.22. The van der Waals surface area contributed by atoms with Crippen molar-refractivity contribution in [2.45, 2.75) is 19.8 Å². The zero-order chi connectivity index (χ0) is 16.8. The van der Waals surface area contributed by atoms with E-state index >= 15 is 0 Å². The number of amides is 1. The highest BCUT2D eigenvalue weighted by Crippen LogP contribution is 2.26. The fourth-order valence-electron chi connectivity index (χ4n) is 1.92. The van der Waals surface area contributed by atoms with E-state index in [1.807, 2.05) is 0 Å². The number of carbonyl (C=O) groups is 1. The summed E-state index contributed by atoms with van der Waals surface area (Å²) in [6.45, 7) is 2.81. The summed E-state index contributed by atoms with van der Waals surface area (Å²) in [7, 11) is 1.78. The first-order chi connectivity index (χ1) is 11.0. The summed E-state index contributed by atoms with van der Waals surface area (Å²) >= 11 is 11.8. The number of nitrogens with one attached hydrogen (secondary N) is 1. The van der Waals surface area contributed by atoms with E-state index in [9.17, 15) is 4.79 Å². The van der Waals surface area contributed by atoms with Gasteiger partial charge in [-0.15, -0.1) is 0 Å². The van der Waals surface area contributed by atoms with E-state index in [0.717, 1.165) is 25.1 Å². The van der Waals surface area contributed by atoms with E-state index in [4.69, 9.17) is 23.2 Å². The van der Waals surface area contributed by atoms with E-state index < -0.39 is 0 Å². The van der Waals surface area contributed by atoms with Crippen LogP contribution in [-0.4, -0.2) is 34.4 Å². The molecule has 0 saturated carbocycles. The SMILES string of the molecule is CCCCN(C)C(=O)c1cnc(Nc2ccc(Cl)c(Cl)c2)nc1. The third-order valence-corrected chi connectivity index (χ3v) is 4.01. The molecule has 0 atom stereocenters. The van der Waals surface area contributed by atoms with Gasteiger partial charge in [0.25, 0.3) is 5.91 Å². The number of nitrogens with zero attached hydrogens (tertiary/aromatic N) is 3. The number of rotatable bonds is 6. The molecule has 122 valence electrons. The highest BCUT2D eigenvalue weighted by molar-refractivity contribution is 6.42. The minimum Gasteiger partial charge on any atom is -0.342 e. The smallest absolute Gasteiger partial charge is 0.256 e. The van der Waals surface area contributed by atoms with Gasteiger partial charge in [0.2, 0.25) is 5.95 Å². The third-order valence-electron chi connectivity index (χ3n) is 3.27. The lowest BCUT2D eigenvalue weighted by Gasteiger charge is -2.16. The molecule has 5 nitrogen and oxygen atoms in total. The van der Waals surface area contributed by atoms with Gasteiger partial charge in [0, 0.05) is 31.7 Å². The van der Waals surface area contributed by atoms with Crippen molar-refractivity contribution in [3.8, 4) is 0 Å². The molecule has 2 rings (SSSR count). The van der Waals surface area contributed by atoms with Gasteiger partial charge in [-0.05, 0) is 24.6 Å². The first-order valence-corrected chi connectivity index (χ1v) is 8.06. The second-order valence-corrected chi connectivity index (χ2v) is 5.94. The summed E-state index contributed by atoms with van der Waals surface area (Å²) in [6.07, 6.45) is 5.04. The first kappa shape index (κ1) is 17.5. The van der Waals surface area contributed by atoms with Crippen molar-refractivity contribution in [1.82, 2.24) is 14.9 Å². The molecule has 1 heterocycles. The summed E-state index contributed by atoms with van der Waals surface area (Å²) in [5.74, 6) is 0.302. The van der Waals surface area contributed by atoms with Gasteiger partial charge in [-0.3, -0.25) is 4.79 Å². The van der Waals surface area contributed by atoms with Gasteiger partial charge in [-0.2, -0.15) is 0 Å². The number of benzene rings is 1. The largest absolute Gasteiger partial charge is 0.342 e. The summed E-state index contributed by atoms with van der Waals surface area (Å²) in [5.41, 5.74) is 1.18. The highest BCUT2D eigenvalue weighted by Gasteiger charge is 2.12. The molecule has 7 heteroatoms. The lowest BCUT2D eigenvalue weighted by atomic mass is 10.2. The van der Waals surface area contributed by atoms with Crippen LogP contribution in [0.5, 0.6) is 0 Å². The monoisotopic (exact) mass is 352 g/mol. The van der Waals surface area contributed by atoms with Crippen molar-refractivity contribution in [3.63, 3.8) is 0 Å². The molecule has 1 amide bonds. The van der Waals surface area contributed by atoms with Crippen LogP contribution >= 0.6 is 23.2 Å². The van der Waals surface area contributed by atoms with Crippen molar-refractivity contribution < 1.29 is 4.79 Å². The molecular weight excluding hydrogens is 335 g/mol. The van der Waals surface area contributed by atoms with Gasteiger partial charge in [-0.25, -0.2) is 9.97 Å². The molecule has 0 spiro atoms. The maximum atomic E-state index is 12.2. The molecule has 0 unspecified atom stereocenters. The number of carbonyl (C=O) groups excluding carboxylic acids is 1. The predicted octanol–water partition coefficient (Wildman–Crippen LogP) is 4.40. The van der Waals surface area contributed by atoms with E-state index in [0.29, 0.717) is 21.6 Å². The molecule has 0 bridgehead atoms. The van der Waals surface area contributed by atoms with Gasteiger partial charge < -0.3 is 10.2 Å². The highest BCUT2D eigenvalue weighted by atomic mass is 35.5. The van der Waals surface area contributed by atoms with Gasteiger partial charge >= 0.3 is 0 Å². The van der Waals surface area contributed by atoms with Gasteiger partial charge in [-0.1, -0.05) is 36.5 Å². The van der Waals surface area contributed by atoms with E-state index in [1.54, 1.807) is 30.1 Å². The number of hydrogen-bond donors (Lipinski definition) is 1. The molecule has 0 aliphatic carbocycles. The maximum absolute atomic E-state index is 12.2. The van der Waals surface area contributed by atoms with Crippen LogP contribution < -0.4 is 5.32 Å². The Labute approximate surface area is 145 Å². The van der Waals surface area contributed by atoms with Gasteiger partial charge in [0.05, 0.1) is 15.6 Å². The molecule has 0 saturated heterocycles. The van der Waals surface area contributed by atoms with Crippen molar-refractivity contribution >= 4 is 40.7 Å². The van der Waals surface area contributed by atoms with Crippen molar-refractivity contribution in [2.24, 2.45) is 0 Å². The fraction of sp³-hybridized carbons (Fsp3) is 0.312. The molecule has 1 aromatic heterocycles. The zero-order valence-corrected chi connectivity index (χ0v) is 14.5. The van der Waals surface area contributed by atoms with Crippen LogP contribution in [0.25, 0.3) is 0 Å². The number of halogens is 2. The molecule has 0 radical (unpaired) electrons. The van der Waals surface area contributed by atoms with E-state index in [-0.39, 0.29) is 5.91 Å². The average Bonchev–Trinajstić information content (AvgIpc) is 2.56. The van der Waals surface area contributed by atoms with Crippen LogP contribution in [0.2, 0.25) is 10.0 Å². The van der Waals surface area contributed by atoms with Gasteiger partial charge in [0.15, 0.2) is 0 Å². The molecule has 2 aromatic rings. The van der Waals surface area contributed by atoms with Gasteiger partial charge in [0.1, 0.15) is 0 Å². The second-order valence-electron chi connectivity index (χ2n) is 5.13. The van der Waals surface area contributed by atoms with Crippen LogP contribution in [0.3, 0.4) is 0 Å². The lowest BCUT2D eigenvalue weighted by Crippen LogP contribution is -2.27. The van der Waals surface area contributed by atoms with Crippen molar-refractivity contribution in [2.75, 3.05) is 18.9 Å². The summed E-state index contributed by atoms with van der Waals surface area (Å²) in [5, 5.41) is 3.94. The second kappa shape index (κ2) is 8.13. The maximum Gasteiger partial charge on any atom is 0.256 e. The zero-order valence-electron chi connectivity index (χ0n) is 13.0. The minimum atomic E-state index is -0.0838. The van der Waals surface area contributed by atoms with E-state index in [2.05, 4.69) is 22.2 Å². The first-order valence-electron chi connectivity index (χ1n) is 7.31. The van der Waals surface area contributed by atoms with Crippen LogP contribution in [0, 0.1) is 0 Å². The standard InChI is InChI=1S/C16H18Cl2N4O/c1-3-4-7-22(2)15(23)11-9-19-16(20-10-11)21-12-5-6-13(17)14(18)8-12/h5-6,8-10H,3-4,7H2,1-2H3,(H,19,20,21). The Bertz CT molecular complexity index is 676. The van der Waals surface area contributed by atoms with Crippen LogP contribution in [0.1, 0.15) is 30.1 Å². The lowest BCUT2D eigenvalue weighted by molar-refractivity contribution is 0.0792. The summed E-state index contributed by atoms with van der Waals surface area (Å²) < 4.78 is 0. The van der Waals surface area contributed by atoms with E-state index in [1.165, 1.54) is 12.4 Å². The Morgan fingerprint density at radius 3 is 2.52 bits per heavy atom. The van der Waals surface area contributed by atoms with Crippen LogP contribution in [0.4, 0.5) is 11.6 Å². The Balaban J connectivity index is 2.04. The molecule has 1 N–H and O–H groups in total. The van der Waals surface area contributed by atoms with Crippen LogP contribution in [-0.2, 0) is 0 Å². The average molecular weight is 353 g/mol. The predicted molar refractivity (Wildman–Crippen MR) is 93.6 cm³/mol. The molecule has 1 aromatic carbocycles. The quantitative estimate of drug-likeness (QED) is 0.836. The number of anilines is 2. The molecular formula is C16H18Cl2N4O. The minimum absolute atomic E-state index is 0.0838. The number of aromatic nitrogens is 2. The molecule has 0 aliphatic rings. The summed E-state index contributed by atoms with van der Waals surface area (Å²) in [4.78, 5) is 22.2. The number of hydrogen-bond acceptors (Lipinski definition) is 4. The summed E-state index contributed by atoms with van der Waals surface area (Å²) in [6, 6.07) is 5.15. The van der Waals surface area contributed by atoms with Crippen molar-refractivity contribution in [3.05, 3.63) is 46.2 Å². The Hall–Kier alpha value is -1.85. The molecule has 0 fully saturated rings. The van der Waals surface area contributed by atoms with Crippen LogP contribution in [0.15, 0.2) is 30.6 Å². The normalized spacial score (nSPS) is 10.4. The number of unbranched alkanes of at least 4 members (excludes halogenated alkanes) is 1.